The molecule has 6 heteroatoms. The lowest BCUT2D eigenvalue weighted by Crippen LogP contribution is -2.34. The number of rotatable bonds is 11. The summed E-state index contributed by atoms with van der Waals surface area (Å²) in [5.41, 5.74) is 1.08. The van der Waals surface area contributed by atoms with Crippen molar-refractivity contribution >= 4 is 29.1 Å². The standard InChI is InChI=1S/C16H24Cl2N2O2.C2H6/c1-14(15-5-3-2-4-6-15)19-16(21)13-22-12-11-20(9-7-17)10-8-18;1-2/h2-6,14H,7-13H2,1H3,(H,19,21);1-2H3. The van der Waals surface area contributed by atoms with Crippen molar-refractivity contribution in [3.63, 3.8) is 0 Å². The summed E-state index contributed by atoms with van der Waals surface area (Å²) in [4.78, 5) is 13.9. The maximum absolute atomic E-state index is 11.8. The molecule has 0 radical (unpaired) electrons. The molecule has 0 saturated heterocycles. The van der Waals surface area contributed by atoms with Gasteiger partial charge < -0.3 is 10.1 Å². The number of benzene rings is 1. The van der Waals surface area contributed by atoms with Gasteiger partial charge in [0.05, 0.1) is 12.6 Å². The first-order valence-electron chi connectivity index (χ1n) is 8.43. The van der Waals surface area contributed by atoms with Crippen molar-refractivity contribution < 1.29 is 9.53 Å². The fourth-order valence-electron chi connectivity index (χ4n) is 2.04. The molecule has 1 rings (SSSR count). The summed E-state index contributed by atoms with van der Waals surface area (Å²) in [6.45, 7) is 8.77. The number of hydrogen-bond acceptors (Lipinski definition) is 3. The lowest BCUT2D eigenvalue weighted by atomic mass is 10.1. The summed E-state index contributed by atoms with van der Waals surface area (Å²) in [7, 11) is 0. The predicted molar refractivity (Wildman–Crippen MR) is 103 cm³/mol. The molecule has 1 aromatic rings. The molecule has 1 unspecified atom stereocenters. The minimum atomic E-state index is -0.113. The number of amides is 1. The highest BCUT2D eigenvalue weighted by Crippen LogP contribution is 2.10. The van der Waals surface area contributed by atoms with Crippen LogP contribution in [0, 0.1) is 0 Å². The molecule has 24 heavy (non-hydrogen) atoms. The Bertz CT molecular complexity index is 413. The number of carbonyl (C=O) groups is 1. The maximum Gasteiger partial charge on any atom is 0.246 e. The van der Waals surface area contributed by atoms with Gasteiger partial charge in [-0.25, -0.2) is 0 Å². The molecule has 1 aromatic carbocycles. The van der Waals surface area contributed by atoms with Crippen molar-refractivity contribution in [2.45, 2.75) is 26.8 Å². The van der Waals surface area contributed by atoms with Crippen LogP contribution in [0.25, 0.3) is 0 Å². The number of alkyl halides is 2. The normalized spacial score (nSPS) is 11.6. The Labute approximate surface area is 156 Å². The monoisotopic (exact) mass is 376 g/mol. The summed E-state index contributed by atoms with van der Waals surface area (Å²) in [6, 6.07) is 9.81. The van der Waals surface area contributed by atoms with E-state index in [1.807, 2.05) is 51.1 Å². The summed E-state index contributed by atoms with van der Waals surface area (Å²) in [6.07, 6.45) is 0. The first-order valence-corrected chi connectivity index (χ1v) is 9.50. The van der Waals surface area contributed by atoms with Crippen LogP contribution in [0.2, 0.25) is 0 Å². The fraction of sp³-hybridized carbons (Fsp3) is 0.611. The SMILES string of the molecule is CC.CC(NC(=O)COCCN(CCCl)CCCl)c1ccccc1. The molecular weight excluding hydrogens is 347 g/mol. The summed E-state index contributed by atoms with van der Waals surface area (Å²) in [5, 5.41) is 2.91. The van der Waals surface area contributed by atoms with Crippen LogP contribution in [0.1, 0.15) is 32.4 Å². The van der Waals surface area contributed by atoms with Gasteiger partial charge in [-0.3, -0.25) is 9.69 Å². The van der Waals surface area contributed by atoms with E-state index in [-0.39, 0.29) is 18.6 Å². The molecule has 0 bridgehead atoms. The molecule has 1 N–H and O–H groups in total. The molecule has 0 aliphatic carbocycles. The minimum Gasteiger partial charge on any atom is -0.370 e. The Kier molecular flexibility index (Phi) is 15.2. The molecule has 138 valence electrons. The van der Waals surface area contributed by atoms with E-state index in [1.54, 1.807) is 0 Å². The fourth-order valence-corrected chi connectivity index (χ4v) is 2.52. The quantitative estimate of drug-likeness (QED) is 0.472. The number of ether oxygens (including phenoxy) is 1. The molecule has 0 aromatic heterocycles. The van der Waals surface area contributed by atoms with Gasteiger partial charge in [-0.1, -0.05) is 44.2 Å². The van der Waals surface area contributed by atoms with Crippen LogP contribution in [-0.2, 0) is 9.53 Å². The van der Waals surface area contributed by atoms with Crippen LogP contribution < -0.4 is 5.32 Å². The van der Waals surface area contributed by atoms with Gasteiger partial charge in [0.25, 0.3) is 0 Å². The van der Waals surface area contributed by atoms with E-state index in [0.29, 0.717) is 18.4 Å². The van der Waals surface area contributed by atoms with Gasteiger partial charge in [0.15, 0.2) is 0 Å². The highest BCUT2D eigenvalue weighted by molar-refractivity contribution is 6.18. The van der Waals surface area contributed by atoms with Crippen molar-refractivity contribution in [3.05, 3.63) is 35.9 Å². The van der Waals surface area contributed by atoms with E-state index in [9.17, 15) is 4.79 Å². The maximum atomic E-state index is 11.8. The number of halogens is 2. The van der Waals surface area contributed by atoms with Crippen LogP contribution in [-0.4, -0.2) is 55.4 Å². The third kappa shape index (κ3) is 10.9. The van der Waals surface area contributed by atoms with Crippen LogP contribution >= 0.6 is 23.2 Å². The second kappa shape index (κ2) is 15.7. The van der Waals surface area contributed by atoms with E-state index in [0.717, 1.165) is 25.2 Å². The van der Waals surface area contributed by atoms with Gasteiger partial charge in [0, 0.05) is 31.4 Å². The number of nitrogens with one attached hydrogen (secondary N) is 1. The third-order valence-electron chi connectivity index (χ3n) is 3.26. The van der Waals surface area contributed by atoms with Gasteiger partial charge in [0.2, 0.25) is 5.91 Å². The van der Waals surface area contributed by atoms with Crippen LogP contribution in [0.3, 0.4) is 0 Å². The average Bonchev–Trinajstić information content (AvgIpc) is 2.61. The van der Waals surface area contributed by atoms with E-state index in [2.05, 4.69) is 10.2 Å². The second-order valence-corrected chi connectivity index (χ2v) is 5.73. The molecule has 0 aliphatic rings. The molecule has 1 amide bonds. The van der Waals surface area contributed by atoms with E-state index in [4.69, 9.17) is 27.9 Å². The summed E-state index contributed by atoms with van der Waals surface area (Å²) < 4.78 is 5.42. The number of carbonyl (C=O) groups excluding carboxylic acids is 1. The first kappa shape index (κ1) is 23.2. The largest absolute Gasteiger partial charge is 0.370 e. The van der Waals surface area contributed by atoms with Crippen LogP contribution in [0.5, 0.6) is 0 Å². The smallest absolute Gasteiger partial charge is 0.246 e. The molecular formula is C18H30Cl2N2O2. The molecule has 0 spiro atoms. The molecule has 1 atom stereocenters. The Balaban J connectivity index is 0.00000254. The topological polar surface area (TPSA) is 41.6 Å². The summed E-state index contributed by atoms with van der Waals surface area (Å²) in [5.74, 6) is 1.01. The molecule has 0 heterocycles. The van der Waals surface area contributed by atoms with Crippen molar-refractivity contribution in [3.8, 4) is 0 Å². The van der Waals surface area contributed by atoms with E-state index < -0.39 is 0 Å². The molecule has 4 nitrogen and oxygen atoms in total. The average molecular weight is 377 g/mol. The minimum absolute atomic E-state index is 0.0266. The number of hydrogen-bond donors (Lipinski definition) is 1. The van der Waals surface area contributed by atoms with E-state index in [1.165, 1.54) is 0 Å². The highest BCUT2D eigenvalue weighted by atomic mass is 35.5. The first-order chi connectivity index (χ1) is 11.7. The van der Waals surface area contributed by atoms with Gasteiger partial charge in [-0.15, -0.1) is 23.2 Å². The summed E-state index contributed by atoms with van der Waals surface area (Å²) >= 11 is 11.4. The van der Waals surface area contributed by atoms with Crippen molar-refractivity contribution in [2.24, 2.45) is 0 Å². The molecule has 0 fully saturated rings. The zero-order valence-electron chi connectivity index (χ0n) is 14.9. The molecule has 0 saturated carbocycles. The van der Waals surface area contributed by atoms with Crippen LogP contribution in [0.15, 0.2) is 30.3 Å². The number of nitrogens with zero attached hydrogens (tertiary/aromatic N) is 1. The van der Waals surface area contributed by atoms with Gasteiger partial charge >= 0.3 is 0 Å². The predicted octanol–water partition coefficient (Wildman–Crippen LogP) is 3.69. The van der Waals surface area contributed by atoms with E-state index >= 15 is 0 Å². The zero-order chi connectivity index (χ0) is 18.2. The van der Waals surface area contributed by atoms with Crippen molar-refractivity contribution in [1.29, 1.82) is 0 Å². The highest BCUT2D eigenvalue weighted by Gasteiger charge is 2.09. The van der Waals surface area contributed by atoms with Gasteiger partial charge in [0.1, 0.15) is 6.61 Å². The van der Waals surface area contributed by atoms with Crippen molar-refractivity contribution in [2.75, 3.05) is 44.6 Å². The Morgan fingerprint density at radius 3 is 2.25 bits per heavy atom. The molecule has 0 aliphatic heterocycles. The van der Waals surface area contributed by atoms with Crippen LogP contribution in [0.4, 0.5) is 0 Å². The van der Waals surface area contributed by atoms with Gasteiger partial charge in [-0.05, 0) is 12.5 Å². The third-order valence-corrected chi connectivity index (χ3v) is 3.60. The second-order valence-electron chi connectivity index (χ2n) is 4.97. The zero-order valence-corrected chi connectivity index (χ0v) is 16.4. The van der Waals surface area contributed by atoms with Gasteiger partial charge in [-0.2, -0.15) is 0 Å². The lowest BCUT2D eigenvalue weighted by Gasteiger charge is -2.20. The Hall–Kier alpha value is -0.810. The Morgan fingerprint density at radius 1 is 1.12 bits per heavy atom. The lowest BCUT2D eigenvalue weighted by molar-refractivity contribution is -0.126. The van der Waals surface area contributed by atoms with Crippen molar-refractivity contribution in [1.82, 2.24) is 10.2 Å². The Morgan fingerprint density at radius 2 is 1.71 bits per heavy atom.